The second kappa shape index (κ2) is 7.27. The van der Waals surface area contributed by atoms with Crippen LogP contribution in [0.4, 0.5) is 0 Å². The maximum absolute atomic E-state index is 12.0. The second-order valence-electron chi connectivity index (χ2n) is 4.90. The number of halogens is 1. The van der Waals surface area contributed by atoms with E-state index in [2.05, 4.69) is 21.2 Å². The number of amides is 1. The van der Waals surface area contributed by atoms with E-state index in [0.717, 1.165) is 15.6 Å². The Kier molecular flexibility index (Phi) is 5.39. The van der Waals surface area contributed by atoms with Crippen molar-refractivity contribution in [3.63, 3.8) is 0 Å². The van der Waals surface area contributed by atoms with Gasteiger partial charge in [-0.1, -0.05) is 36.4 Å². The molecule has 0 aromatic heterocycles. The van der Waals surface area contributed by atoms with Crippen molar-refractivity contribution in [1.82, 2.24) is 5.32 Å². The molecule has 0 spiro atoms. The summed E-state index contributed by atoms with van der Waals surface area (Å²) in [5.74, 6) is 0.536. The summed E-state index contributed by atoms with van der Waals surface area (Å²) in [4.78, 5) is 12.0. The summed E-state index contributed by atoms with van der Waals surface area (Å²) in [6.45, 7) is 4.25. The average molecular weight is 348 g/mol. The molecule has 0 aliphatic carbocycles. The summed E-state index contributed by atoms with van der Waals surface area (Å²) in [6.07, 6.45) is -0.548. The third-order valence-electron chi connectivity index (χ3n) is 3.07. The molecule has 0 radical (unpaired) electrons. The Balaban J connectivity index is 1.90. The first kappa shape index (κ1) is 15.6. The van der Waals surface area contributed by atoms with Gasteiger partial charge in [0.2, 0.25) is 0 Å². The number of hydrogen-bond donors (Lipinski definition) is 1. The second-order valence-corrected chi connectivity index (χ2v) is 5.75. The molecule has 0 saturated heterocycles. The molecule has 2 rings (SSSR count). The van der Waals surface area contributed by atoms with Crippen molar-refractivity contribution in [2.75, 3.05) is 0 Å². The van der Waals surface area contributed by atoms with Gasteiger partial charge in [-0.2, -0.15) is 0 Å². The Morgan fingerprint density at radius 1 is 1.24 bits per heavy atom. The van der Waals surface area contributed by atoms with Crippen molar-refractivity contribution in [3.05, 3.63) is 64.1 Å². The molecule has 0 fully saturated rings. The van der Waals surface area contributed by atoms with E-state index in [9.17, 15) is 4.79 Å². The number of carbonyl (C=O) groups excluding carboxylic acids is 1. The zero-order chi connectivity index (χ0) is 15.2. The predicted octanol–water partition coefficient (Wildman–Crippen LogP) is 3.84. The van der Waals surface area contributed by atoms with Gasteiger partial charge in [0.1, 0.15) is 5.75 Å². The van der Waals surface area contributed by atoms with Gasteiger partial charge in [0.05, 0.1) is 4.47 Å². The minimum atomic E-state index is -0.548. The number of benzene rings is 2. The third-order valence-corrected chi connectivity index (χ3v) is 3.69. The largest absolute Gasteiger partial charge is 0.480 e. The fraction of sp³-hybridized carbons (Fsp3) is 0.235. The monoisotopic (exact) mass is 347 g/mol. The SMILES string of the molecule is Cc1ccc(O[C@H](C)C(=O)NCc2ccccc2)c(Br)c1. The van der Waals surface area contributed by atoms with Crippen LogP contribution in [-0.4, -0.2) is 12.0 Å². The minimum Gasteiger partial charge on any atom is -0.480 e. The number of carbonyl (C=O) groups is 1. The average Bonchev–Trinajstić information content (AvgIpc) is 2.48. The zero-order valence-corrected chi connectivity index (χ0v) is 13.7. The Morgan fingerprint density at radius 2 is 1.95 bits per heavy atom. The standard InChI is InChI=1S/C17H18BrNO2/c1-12-8-9-16(15(18)10-12)21-13(2)17(20)19-11-14-6-4-3-5-7-14/h3-10,13H,11H2,1-2H3,(H,19,20)/t13-/m1/s1. The molecule has 2 aromatic rings. The van der Waals surface area contributed by atoms with Crippen LogP contribution in [0.3, 0.4) is 0 Å². The van der Waals surface area contributed by atoms with Crippen molar-refractivity contribution in [2.45, 2.75) is 26.5 Å². The van der Waals surface area contributed by atoms with Crippen molar-refractivity contribution >= 4 is 21.8 Å². The first-order valence-corrected chi connectivity index (χ1v) is 7.60. The highest BCUT2D eigenvalue weighted by Gasteiger charge is 2.15. The van der Waals surface area contributed by atoms with Gasteiger partial charge in [-0.3, -0.25) is 4.79 Å². The lowest BCUT2D eigenvalue weighted by molar-refractivity contribution is -0.127. The summed E-state index contributed by atoms with van der Waals surface area (Å²) in [5.41, 5.74) is 2.20. The van der Waals surface area contributed by atoms with Gasteiger partial charge in [-0.05, 0) is 53.0 Å². The molecular weight excluding hydrogens is 330 g/mol. The summed E-state index contributed by atoms with van der Waals surface area (Å²) < 4.78 is 6.54. The molecule has 0 aliphatic rings. The number of nitrogens with one attached hydrogen (secondary N) is 1. The maximum Gasteiger partial charge on any atom is 0.261 e. The Hall–Kier alpha value is -1.81. The van der Waals surface area contributed by atoms with Crippen molar-refractivity contribution < 1.29 is 9.53 Å². The van der Waals surface area contributed by atoms with Gasteiger partial charge in [-0.25, -0.2) is 0 Å². The topological polar surface area (TPSA) is 38.3 Å². The van der Waals surface area contributed by atoms with Crippen LogP contribution in [0.15, 0.2) is 53.0 Å². The van der Waals surface area contributed by atoms with Crippen LogP contribution < -0.4 is 10.1 Å². The highest BCUT2D eigenvalue weighted by atomic mass is 79.9. The molecule has 3 nitrogen and oxygen atoms in total. The molecule has 4 heteroatoms. The molecule has 0 aliphatic heterocycles. The maximum atomic E-state index is 12.0. The lowest BCUT2D eigenvalue weighted by Gasteiger charge is -2.16. The van der Waals surface area contributed by atoms with E-state index in [1.54, 1.807) is 6.92 Å². The molecule has 110 valence electrons. The van der Waals surface area contributed by atoms with Gasteiger partial charge in [0, 0.05) is 6.54 Å². The van der Waals surface area contributed by atoms with Crippen LogP contribution in [0.25, 0.3) is 0 Å². The van der Waals surface area contributed by atoms with Crippen molar-refractivity contribution in [3.8, 4) is 5.75 Å². The van der Waals surface area contributed by atoms with E-state index in [-0.39, 0.29) is 5.91 Å². The molecule has 0 heterocycles. The van der Waals surface area contributed by atoms with Crippen molar-refractivity contribution in [1.29, 1.82) is 0 Å². The fourth-order valence-corrected chi connectivity index (χ4v) is 2.46. The zero-order valence-electron chi connectivity index (χ0n) is 12.1. The first-order chi connectivity index (χ1) is 10.1. The van der Waals surface area contributed by atoms with E-state index in [1.807, 2.05) is 55.5 Å². The van der Waals surface area contributed by atoms with Crippen LogP contribution in [0.1, 0.15) is 18.1 Å². The Bertz CT molecular complexity index is 613. The Labute approximate surface area is 133 Å². The normalized spacial score (nSPS) is 11.8. The molecule has 0 saturated carbocycles. The molecule has 0 unspecified atom stereocenters. The van der Waals surface area contributed by atoms with Crippen LogP contribution in [0.5, 0.6) is 5.75 Å². The smallest absolute Gasteiger partial charge is 0.261 e. The van der Waals surface area contributed by atoms with Gasteiger partial charge in [0.25, 0.3) is 5.91 Å². The predicted molar refractivity (Wildman–Crippen MR) is 87.3 cm³/mol. The number of aryl methyl sites for hydroxylation is 1. The lowest BCUT2D eigenvalue weighted by atomic mass is 10.2. The highest BCUT2D eigenvalue weighted by Crippen LogP contribution is 2.26. The van der Waals surface area contributed by atoms with E-state index in [1.165, 1.54) is 0 Å². The summed E-state index contributed by atoms with van der Waals surface area (Å²) >= 11 is 3.44. The van der Waals surface area contributed by atoms with E-state index < -0.39 is 6.10 Å². The van der Waals surface area contributed by atoms with Crippen LogP contribution in [-0.2, 0) is 11.3 Å². The number of ether oxygens (including phenoxy) is 1. The third kappa shape index (κ3) is 4.60. The molecule has 1 N–H and O–H groups in total. The molecule has 1 atom stereocenters. The van der Waals surface area contributed by atoms with Crippen LogP contribution in [0, 0.1) is 6.92 Å². The van der Waals surface area contributed by atoms with E-state index in [4.69, 9.17) is 4.74 Å². The molecule has 21 heavy (non-hydrogen) atoms. The van der Waals surface area contributed by atoms with Gasteiger partial charge >= 0.3 is 0 Å². The number of rotatable bonds is 5. The summed E-state index contributed by atoms with van der Waals surface area (Å²) in [5, 5.41) is 2.87. The lowest BCUT2D eigenvalue weighted by Crippen LogP contribution is -2.35. The Morgan fingerprint density at radius 3 is 2.62 bits per heavy atom. The van der Waals surface area contributed by atoms with Gasteiger partial charge in [0.15, 0.2) is 6.10 Å². The molecular formula is C17H18BrNO2. The van der Waals surface area contributed by atoms with Crippen LogP contribution >= 0.6 is 15.9 Å². The molecule has 1 amide bonds. The van der Waals surface area contributed by atoms with Gasteiger partial charge < -0.3 is 10.1 Å². The van der Waals surface area contributed by atoms with Crippen LogP contribution in [0.2, 0.25) is 0 Å². The first-order valence-electron chi connectivity index (χ1n) is 6.80. The quantitative estimate of drug-likeness (QED) is 0.892. The number of hydrogen-bond acceptors (Lipinski definition) is 2. The minimum absolute atomic E-state index is 0.133. The van der Waals surface area contributed by atoms with Crippen molar-refractivity contribution in [2.24, 2.45) is 0 Å². The molecule has 0 bridgehead atoms. The summed E-state index contributed by atoms with van der Waals surface area (Å²) in [6, 6.07) is 15.6. The highest BCUT2D eigenvalue weighted by molar-refractivity contribution is 9.10. The van der Waals surface area contributed by atoms with E-state index >= 15 is 0 Å². The van der Waals surface area contributed by atoms with E-state index in [0.29, 0.717) is 12.3 Å². The summed E-state index contributed by atoms with van der Waals surface area (Å²) in [7, 11) is 0. The molecule has 2 aromatic carbocycles. The van der Waals surface area contributed by atoms with Gasteiger partial charge in [-0.15, -0.1) is 0 Å². The fourth-order valence-electron chi connectivity index (χ4n) is 1.87.